The molecule has 0 aliphatic heterocycles. The van der Waals surface area contributed by atoms with Crippen molar-refractivity contribution < 1.29 is 17.5 Å². The van der Waals surface area contributed by atoms with Crippen molar-refractivity contribution in [3.05, 3.63) is 41.3 Å². The van der Waals surface area contributed by atoms with Crippen LogP contribution in [-0.4, -0.2) is 35.1 Å². The molecule has 3 aromatic rings. The summed E-state index contributed by atoms with van der Waals surface area (Å²) in [6.45, 7) is 3.64. The van der Waals surface area contributed by atoms with E-state index in [1.807, 2.05) is 6.92 Å². The Morgan fingerprint density at radius 1 is 1.35 bits per heavy atom. The molecule has 0 spiro atoms. The van der Waals surface area contributed by atoms with Gasteiger partial charge in [-0.05, 0) is 25.0 Å². The zero-order chi connectivity index (χ0) is 18.9. The van der Waals surface area contributed by atoms with E-state index in [9.17, 15) is 12.8 Å². The van der Waals surface area contributed by atoms with Gasteiger partial charge in [-0.3, -0.25) is 4.72 Å². The number of fused-ring (bicyclic) bond motifs is 1. The van der Waals surface area contributed by atoms with Crippen LogP contribution in [0.1, 0.15) is 24.5 Å². The van der Waals surface area contributed by atoms with Crippen LogP contribution in [0.3, 0.4) is 0 Å². The Labute approximate surface area is 150 Å². The number of anilines is 1. The highest BCUT2D eigenvalue weighted by Gasteiger charge is 2.25. The standard InChI is InChI=1S/C16H18FN5O3S/c1-4-6-11-7-5-8-12(17)13(11)21-26(23,24)15-19-14-10(2)9-18-16(25-3)22(14)20-15/h5,7-9,21H,4,6H2,1-3H3. The maximum absolute atomic E-state index is 14.2. The second-order valence-electron chi connectivity index (χ2n) is 5.69. The summed E-state index contributed by atoms with van der Waals surface area (Å²) in [4.78, 5) is 8.07. The van der Waals surface area contributed by atoms with E-state index in [-0.39, 0.29) is 11.7 Å². The van der Waals surface area contributed by atoms with E-state index in [0.717, 1.165) is 6.42 Å². The molecule has 0 aliphatic carbocycles. The summed E-state index contributed by atoms with van der Waals surface area (Å²) in [6, 6.07) is 4.52. The highest BCUT2D eigenvalue weighted by Crippen LogP contribution is 2.24. The number of nitrogens with one attached hydrogen (secondary N) is 1. The van der Waals surface area contributed by atoms with Crippen LogP contribution in [0.25, 0.3) is 5.65 Å². The monoisotopic (exact) mass is 379 g/mol. The molecule has 0 aliphatic rings. The van der Waals surface area contributed by atoms with Crippen LogP contribution in [0, 0.1) is 12.7 Å². The predicted octanol–water partition coefficient (Wildman–Crippen LogP) is 2.33. The number of ether oxygens (including phenoxy) is 1. The van der Waals surface area contributed by atoms with Crippen LogP contribution in [0.4, 0.5) is 10.1 Å². The predicted molar refractivity (Wildman–Crippen MR) is 93.3 cm³/mol. The zero-order valence-electron chi connectivity index (χ0n) is 14.5. The number of rotatable bonds is 6. The highest BCUT2D eigenvalue weighted by molar-refractivity contribution is 7.92. The van der Waals surface area contributed by atoms with Crippen molar-refractivity contribution in [3.63, 3.8) is 0 Å². The van der Waals surface area contributed by atoms with Gasteiger partial charge in [0.1, 0.15) is 5.82 Å². The smallest absolute Gasteiger partial charge is 0.319 e. The summed E-state index contributed by atoms with van der Waals surface area (Å²) >= 11 is 0. The molecule has 2 aromatic heterocycles. The average molecular weight is 379 g/mol. The van der Waals surface area contributed by atoms with E-state index in [0.29, 0.717) is 23.2 Å². The Kier molecular flexibility index (Phi) is 4.77. The van der Waals surface area contributed by atoms with Crippen molar-refractivity contribution >= 4 is 21.4 Å². The van der Waals surface area contributed by atoms with Gasteiger partial charge < -0.3 is 4.74 Å². The molecule has 3 rings (SSSR count). The number of hydrogen-bond donors (Lipinski definition) is 1. The molecule has 1 N–H and O–H groups in total. The Morgan fingerprint density at radius 2 is 2.12 bits per heavy atom. The summed E-state index contributed by atoms with van der Waals surface area (Å²) in [5.74, 6) is -0.654. The first-order valence-corrected chi connectivity index (χ1v) is 9.42. The summed E-state index contributed by atoms with van der Waals surface area (Å²) in [5, 5.41) is 3.47. The van der Waals surface area contributed by atoms with Crippen molar-refractivity contribution in [1.29, 1.82) is 0 Å². The number of aryl methyl sites for hydroxylation is 2. The maximum Gasteiger partial charge on any atom is 0.319 e. The minimum Gasteiger partial charge on any atom is -0.467 e. The number of halogens is 1. The number of methoxy groups -OCH3 is 1. The number of aromatic nitrogens is 4. The van der Waals surface area contributed by atoms with Gasteiger partial charge in [0, 0.05) is 11.8 Å². The first-order valence-electron chi connectivity index (χ1n) is 7.94. The summed E-state index contributed by atoms with van der Waals surface area (Å²) in [5.41, 5.74) is 1.39. The van der Waals surface area contributed by atoms with Crippen molar-refractivity contribution in [2.24, 2.45) is 0 Å². The van der Waals surface area contributed by atoms with E-state index >= 15 is 0 Å². The third kappa shape index (κ3) is 3.19. The first-order chi connectivity index (χ1) is 12.4. The molecule has 0 saturated carbocycles. The van der Waals surface area contributed by atoms with Gasteiger partial charge in [0.2, 0.25) is 0 Å². The quantitative estimate of drug-likeness (QED) is 0.706. The lowest BCUT2D eigenvalue weighted by molar-refractivity contribution is 0.366. The van der Waals surface area contributed by atoms with Crippen LogP contribution in [0.2, 0.25) is 0 Å². The molecule has 0 unspecified atom stereocenters. The van der Waals surface area contributed by atoms with Gasteiger partial charge >= 0.3 is 6.01 Å². The molecule has 10 heteroatoms. The summed E-state index contributed by atoms with van der Waals surface area (Å²) in [6.07, 6.45) is 2.78. The summed E-state index contributed by atoms with van der Waals surface area (Å²) < 4.78 is 48.2. The van der Waals surface area contributed by atoms with Gasteiger partial charge in [-0.15, -0.1) is 5.10 Å². The summed E-state index contributed by atoms with van der Waals surface area (Å²) in [7, 11) is -2.81. The maximum atomic E-state index is 14.2. The lowest BCUT2D eigenvalue weighted by Crippen LogP contribution is -2.17. The second-order valence-corrected chi connectivity index (χ2v) is 7.26. The molecular weight excluding hydrogens is 361 g/mol. The third-order valence-corrected chi connectivity index (χ3v) is 4.90. The number of sulfonamides is 1. The molecule has 0 bridgehead atoms. The Hall–Kier alpha value is -2.75. The first kappa shape index (κ1) is 18.1. The molecule has 0 radical (unpaired) electrons. The molecular formula is C16H18FN5O3S. The van der Waals surface area contributed by atoms with Crippen molar-refractivity contribution in [2.45, 2.75) is 31.8 Å². The number of nitrogens with zero attached hydrogens (tertiary/aromatic N) is 4. The number of para-hydroxylation sites is 1. The molecule has 0 atom stereocenters. The number of benzene rings is 1. The SMILES string of the molecule is CCCc1cccc(F)c1NS(=O)(=O)c1nc2c(C)cnc(OC)n2n1. The van der Waals surface area contributed by atoms with Gasteiger partial charge in [-0.1, -0.05) is 25.5 Å². The van der Waals surface area contributed by atoms with Crippen LogP contribution in [0.15, 0.2) is 29.6 Å². The topological polar surface area (TPSA) is 98.5 Å². The molecule has 1 aromatic carbocycles. The van der Waals surface area contributed by atoms with Gasteiger partial charge in [-0.25, -0.2) is 9.37 Å². The second kappa shape index (κ2) is 6.87. The zero-order valence-corrected chi connectivity index (χ0v) is 15.3. The van der Waals surface area contributed by atoms with Crippen molar-refractivity contribution in [1.82, 2.24) is 19.6 Å². The normalized spacial score (nSPS) is 11.7. The molecule has 138 valence electrons. The minimum atomic E-state index is -4.20. The van der Waals surface area contributed by atoms with Crippen molar-refractivity contribution in [3.8, 4) is 6.01 Å². The van der Waals surface area contributed by atoms with Gasteiger partial charge in [-0.2, -0.15) is 17.9 Å². The molecule has 0 saturated heterocycles. The molecule has 2 heterocycles. The van der Waals surface area contributed by atoms with Crippen LogP contribution in [-0.2, 0) is 16.4 Å². The van der Waals surface area contributed by atoms with Crippen molar-refractivity contribution in [2.75, 3.05) is 11.8 Å². The Morgan fingerprint density at radius 3 is 2.81 bits per heavy atom. The van der Waals surface area contributed by atoms with E-state index in [2.05, 4.69) is 19.8 Å². The van der Waals surface area contributed by atoms with E-state index in [1.165, 1.54) is 23.9 Å². The fourth-order valence-corrected chi connectivity index (χ4v) is 3.52. The highest BCUT2D eigenvalue weighted by atomic mass is 32.2. The fraction of sp³-hybridized carbons (Fsp3) is 0.312. The van der Waals surface area contributed by atoms with Crippen LogP contribution >= 0.6 is 0 Å². The Bertz CT molecular complexity index is 1070. The van der Waals surface area contributed by atoms with E-state index in [4.69, 9.17) is 4.74 Å². The molecule has 26 heavy (non-hydrogen) atoms. The largest absolute Gasteiger partial charge is 0.467 e. The van der Waals surface area contributed by atoms with E-state index < -0.39 is 21.0 Å². The van der Waals surface area contributed by atoms with Gasteiger partial charge in [0.05, 0.1) is 12.8 Å². The number of hydrogen-bond acceptors (Lipinski definition) is 6. The van der Waals surface area contributed by atoms with Gasteiger partial charge in [0.25, 0.3) is 15.2 Å². The van der Waals surface area contributed by atoms with Gasteiger partial charge in [0.15, 0.2) is 5.65 Å². The minimum absolute atomic E-state index is 0.0879. The third-order valence-electron chi connectivity index (χ3n) is 3.77. The molecule has 0 fully saturated rings. The molecule has 8 nitrogen and oxygen atoms in total. The van der Waals surface area contributed by atoms with Crippen LogP contribution in [0.5, 0.6) is 6.01 Å². The Balaban J connectivity index is 2.08. The lowest BCUT2D eigenvalue weighted by atomic mass is 10.1. The average Bonchev–Trinajstić information content (AvgIpc) is 3.06. The fourth-order valence-electron chi connectivity index (χ4n) is 2.54. The van der Waals surface area contributed by atoms with E-state index in [1.54, 1.807) is 19.1 Å². The molecule has 0 amide bonds. The lowest BCUT2D eigenvalue weighted by Gasteiger charge is -2.11. The van der Waals surface area contributed by atoms with Crippen LogP contribution < -0.4 is 9.46 Å².